The maximum absolute atomic E-state index is 5.83. The third-order valence-electron chi connectivity index (χ3n) is 3.91. The van der Waals surface area contributed by atoms with E-state index < -0.39 is 0 Å². The SMILES string of the molecule is CC1CCCC(Sc2ccnc3cc(N)ccc23)C1. The summed E-state index contributed by atoms with van der Waals surface area (Å²) < 4.78 is 0. The number of nitrogens with zero attached hydrogens (tertiary/aromatic N) is 1. The highest BCUT2D eigenvalue weighted by Gasteiger charge is 2.20. The first-order valence-corrected chi connectivity index (χ1v) is 7.91. The van der Waals surface area contributed by atoms with Crippen LogP contribution in [0.25, 0.3) is 10.9 Å². The van der Waals surface area contributed by atoms with Crippen LogP contribution in [0.4, 0.5) is 5.69 Å². The third-order valence-corrected chi connectivity index (χ3v) is 5.28. The van der Waals surface area contributed by atoms with Gasteiger partial charge in [-0.25, -0.2) is 0 Å². The summed E-state index contributed by atoms with van der Waals surface area (Å²) in [5, 5.41) is 1.99. The van der Waals surface area contributed by atoms with Crippen molar-refractivity contribution < 1.29 is 0 Å². The highest BCUT2D eigenvalue weighted by Crippen LogP contribution is 2.38. The van der Waals surface area contributed by atoms with Gasteiger partial charge in [0.25, 0.3) is 0 Å². The van der Waals surface area contributed by atoms with Gasteiger partial charge in [-0.2, -0.15) is 0 Å². The second kappa shape index (κ2) is 5.41. The van der Waals surface area contributed by atoms with Gasteiger partial charge in [-0.1, -0.05) is 19.8 Å². The Labute approximate surface area is 118 Å². The van der Waals surface area contributed by atoms with E-state index in [1.54, 1.807) is 0 Å². The lowest BCUT2D eigenvalue weighted by atomic mass is 9.91. The van der Waals surface area contributed by atoms with Gasteiger partial charge < -0.3 is 5.73 Å². The van der Waals surface area contributed by atoms with E-state index in [0.717, 1.165) is 22.4 Å². The Kier molecular flexibility index (Phi) is 3.65. The predicted octanol–water partition coefficient (Wildman–Crippen LogP) is 4.49. The summed E-state index contributed by atoms with van der Waals surface area (Å²) in [5.41, 5.74) is 7.62. The van der Waals surface area contributed by atoms with Gasteiger partial charge in [-0.15, -0.1) is 11.8 Å². The van der Waals surface area contributed by atoms with E-state index in [4.69, 9.17) is 5.73 Å². The summed E-state index contributed by atoms with van der Waals surface area (Å²) in [6.45, 7) is 2.37. The molecule has 1 heterocycles. The van der Waals surface area contributed by atoms with Crippen molar-refractivity contribution in [3.63, 3.8) is 0 Å². The van der Waals surface area contributed by atoms with Crippen LogP contribution < -0.4 is 5.73 Å². The average molecular weight is 272 g/mol. The number of benzene rings is 1. The van der Waals surface area contributed by atoms with Gasteiger partial charge in [-0.05, 0) is 43.0 Å². The van der Waals surface area contributed by atoms with Gasteiger partial charge in [0.1, 0.15) is 0 Å². The Morgan fingerprint density at radius 2 is 2.16 bits per heavy atom. The molecule has 0 amide bonds. The quantitative estimate of drug-likeness (QED) is 0.819. The average Bonchev–Trinajstić information content (AvgIpc) is 2.38. The number of nitrogens with two attached hydrogens (primary N) is 1. The number of fused-ring (bicyclic) bond motifs is 1. The minimum Gasteiger partial charge on any atom is -0.399 e. The molecule has 1 aromatic carbocycles. The van der Waals surface area contributed by atoms with E-state index in [1.807, 2.05) is 30.1 Å². The monoisotopic (exact) mass is 272 g/mol. The van der Waals surface area contributed by atoms with E-state index in [0.29, 0.717) is 0 Å². The number of nitrogen functional groups attached to an aromatic ring is 1. The molecular weight excluding hydrogens is 252 g/mol. The predicted molar refractivity (Wildman–Crippen MR) is 83.4 cm³/mol. The Morgan fingerprint density at radius 1 is 1.26 bits per heavy atom. The van der Waals surface area contributed by atoms with Gasteiger partial charge in [0, 0.05) is 27.4 Å². The number of pyridine rings is 1. The zero-order valence-corrected chi connectivity index (χ0v) is 12.1. The molecule has 1 saturated carbocycles. The summed E-state index contributed by atoms with van der Waals surface area (Å²) in [4.78, 5) is 5.77. The van der Waals surface area contributed by atoms with E-state index in [9.17, 15) is 0 Å². The van der Waals surface area contributed by atoms with Crippen molar-refractivity contribution in [1.82, 2.24) is 4.98 Å². The Hall–Kier alpha value is -1.22. The van der Waals surface area contributed by atoms with Crippen molar-refractivity contribution in [2.45, 2.75) is 42.8 Å². The molecular formula is C16H20N2S. The van der Waals surface area contributed by atoms with Gasteiger partial charge in [0.2, 0.25) is 0 Å². The molecule has 0 aliphatic heterocycles. The molecule has 2 N–H and O–H groups in total. The van der Waals surface area contributed by atoms with E-state index in [1.165, 1.54) is 36.0 Å². The molecule has 19 heavy (non-hydrogen) atoms. The summed E-state index contributed by atoms with van der Waals surface area (Å²) in [5.74, 6) is 0.870. The fourth-order valence-electron chi connectivity index (χ4n) is 2.91. The van der Waals surface area contributed by atoms with Gasteiger partial charge in [0.05, 0.1) is 5.52 Å². The maximum Gasteiger partial charge on any atom is 0.0733 e. The van der Waals surface area contributed by atoms with Crippen LogP contribution in [0.1, 0.15) is 32.6 Å². The van der Waals surface area contributed by atoms with Crippen molar-refractivity contribution >= 4 is 28.4 Å². The van der Waals surface area contributed by atoms with Crippen molar-refractivity contribution in [1.29, 1.82) is 0 Å². The zero-order chi connectivity index (χ0) is 13.2. The fraction of sp³-hybridized carbons (Fsp3) is 0.438. The van der Waals surface area contributed by atoms with Gasteiger partial charge in [-0.3, -0.25) is 4.98 Å². The third kappa shape index (κ3) is 2.86. The fourth-order valence-corrected chi connectivity index (χ4v) is 4.41. The molecule has 1 fully saturated rings. The number of thioether (sulfide) groups is 1. The summed E-state index contributed by atoms with van der Waals surface area (Å²) >= 11 is 2.02. The zero-order valence-electron chi connectivity index (χ0n) is 11.3. The lowest BCUT2D eigenvalue weighted by molar-refractivity contribution is 0.394. The summed E-state index contributed by atoms with van der Waals surface area (Å²) in [6, 6.07) is 8.18. The highest BCUT2D eigenvalue weighted by atomic mass is 32.2. The molecule has 2 unspecified atom stereocenters. The molecule has 100 valence electrons. The summed E-state index contributed by atoms with van der Waals surface area (Å²) in [7, 11) is 0. The van der Waals surface area contributed by atoms with Crippen molar-refractivity contribution in [2.75, 3.05) is 5.73 Å². The first-order chi connectivity index (χ1) is 9.22. The molecule has 2 nitrogen and oxygen atoms in total. The molecule has 3 rings (SSSR count). The number of hydrogen-bond acceptors (Lipinski definition) is 3. The van der Waals surface area contributed by atoms with Crippen LogP contribution in [0.3, 0.4) is 0 Å². The van der Waals surface area contributed by atoms with Gasteiger partial charge in [0.15, 0.2) is 0 Å². The molecule has 0 spiro atoms. The molecule has 1 aliphatic carbocycles. The molecule has 1 aromatic heterocycles. The van der Waals surface area contributed by atoms with Crippen molar-refractivity contribution in [3.05, 3.63) is 30.5 Å². The minimum atomic E-state index is 0.756. The maximum atomic E-state index is 5.83. The van der Waals surface area contributed by atoms with Crippen LogP contribution in [-0.2, 0) is 0 Å². The van der Waals surface area contributed by atoms with Crippen LogP contribution in [0, 0.1) is 5.92 Å². The second-order valence-electron chi connectivity index (χ2n) is 5.60. The van der Waals surface area contributed by atoms with Crippen LogP contribution in [-0.4, -0.2) is 10.2 Å². The largest absolute Gasteiger partial charge is 0.399 e. The first-order valence-electron chi connectivity index (χ1n) is 7.03. The molecule has 2 aromatic rings. The Balaban J connectivity index is 1.88. The van der Waals surface area contributed by atoms with E-state index >= 15 is 0 Å². The topological polar surface area (TPSA) is 38.9 Å². The van der Waals surface area contributed by atoms with Crippen molar-refractivity contribution in [3.8, 4) is 0 Å². The standard InChI is InChI=1S/C16H20N2S/c1-11-3-2-4-13(9-11)19-16-7-8-18-15-10-12(17)5-6-14(15)16/h5-8,10-11,13H,2-4,9,17H2,1H3. The highest BCUT2D eigenvalue weighted by molar-refractivity contribution is 8.00. The molecule has 0 radical (unpaired) electrons. The lowest BCUT2D eigenvalue weighted by Gasteiger charge is -2.26. The molecule has 0 bridgehead atoms. The number of rotatable bonds is 2. The van der Waals surface area contributed by atoms with E-state index in [-0.39, 0.29) is 0 Å². The smallest absolute Gasteiger partial charge is 0.0733 e. The van der Waals surface area contributed by atoms with Crippen LogP contribution in [0.15, 0.2) is 35.4 Å². The Bertz CT molecular complexity index is 582. The molecule has 0 saturated heterocycles. The Morgan fingerprint density at radius 3 is 3.00 bits per heavy atom. The second-order valence-corrected chi connectivity index (χ2v) is 6.94. The molecule has 1 aliphatic rings. The lowest BCUT2D eigenvalue weighted by Crippen LogP contribution is -2.14. The number of aromatic nitrogens is 1. The summed E-state index contributed by atoms with van der Waals surface area (Å²) in [6.07, 6.45) is 7.34. The van der Waals surface area contributed by atoms with Gasteiger partial charge >= 0.3 is 0 Å². The molecule has 3 heteroatoms. The van der Waals surface area contributed by atoms with Crippen LogP contribution >= 0.6 is 11.8 Å². The van der Waals surface area contributed by atoms with Crippen molar-refractivity contribution in [2.24, 2.45) is 5.92 Å². The van der Waals surface area contributed by atoms with Crippen LogP contribution in [0.2, 0.25) is 0 Å². The number of hydrogen-bond donors (Lipinski definition) is 1. The number of anilines is 1. The van der Waals surface area contributed by atoms with E-state index in [2.05, 4.69) is 24.0 Å². The minimum absolute atomic E-state index is 0.756. The normalized spacial score (nSPS) is 23.6. The first kappa shape index (κ1) is 12.8. The van der Waals surface area contributed by atoms with Crippen LogP contribution in [0.5, 0.6) is 0 Å². The molecule has 2 atom stereocenters.